The third-order valence-electron chi connectivity index (χ3n) is 4.88. The summed E-state index contributed by atoms with van der Waals surface area (Å²) in [5, 5.41) is 4.91. The lowest BCUT2D eigenvalue weighted by Gasteiger charge is -2.18. The lowest BCUT2D eigenvalue weighted by molar-refractivity contribution is 0.267. The number of nitrogens with one attached hydrogen (secondary N) is 1. The predicted molar refractivity (Wildman–Crippen MR) is 131 cm³/mol. The Morgan fingerprint density at radius 3 is 2.55 bits per heavy atom. The minimum absolute atomic E-state index is 0.407. The van der Waals surface area contributed by atoms with Crippen LogP contribution in [0.4, 0.5) is 5.69 Å². The second kappa shape index (κ2) is 11.1. The van der Waals surface area contributed by atoms with E-state index in [1.54, 1.807) is 0 Å². The van der Waals surface area contributed by atoms with E-state index in [1.807, 2.05) is 68.5 Å². The molecule has 31 heavy (non-hydrogen) atoms. The minimum Gasteiger partial charge on any atom is -0.490 e. The molecule has 1 N–H and O–H groups in total. The van der Waals surface area contributed by atoms with Crippen LogP contribution in [-0.2, 0) is 19.6 Å². The van der Waals surface area contributed by atoms with E-state index in [9.17, 15) is 0 Å². The highest BCUT2D eigenvalue weighted by atomic mass is 35.5. The van der Waals surface area contributed by atoms with Gasteiger partial charge in [-0.15, -0.1) is 6.58 Å². The molecule has 0 aliphatic carbocycles. The topological polar surface area (TPSA) is 30.5 Å². The van der Waals surface area contributed by atoms with Crippen molar-refractivity contribution in [3.63, 3.8) is 0 Å². The molecule has 0 saturated heterocycles. The molecule has 0 unspecified atom stereocenters. The van der Waals surface area contributed by atoms with Gasteiger partial charge >= 0.3 is 0 Å². The summed E-state index contributed by atoms with van der Waals surface area (Å²) in [4.78, 5) is 0. The Morgan fingerprint density at radius 1 is 1.00 bits per heavy atom. The highest BCUT2D eigenvalue weighted by molar-refractivity contribution is 6.31. The number of allylic oxidation sites excluding steroid dienone is 1. The third kappa shape index (κ3) is 6.19. The summed E-state index contributed by atoms with van der Waals surface area (Å²) < 4.78 is 12.1. The summed E-state index contributed by atoms with van der Waals surface area (Å²) in [7, 11) is 0. The summed E-state index contributed by atoms with van der Waals surface area (Å²) in [5.41, 5.74) is 5.16. The number of anilines is 1. The molecule has 5 heteroatoms. The Bertz CT molecular complexity index is 1050. The number of hydrogen-bond donors (Lipinski definition) is 1. The average molecular weight is 456 g/mol. The molecule has 0 aromatic heterocycles. The average Bonchev–Trinajstić information content (AvgIpc) is 2.75. The van der Waals surface area contributed by atoms with Gasteiger partial charge in [-0.3, -0.25) is 0 Å². The molecule has 3 nitrogen and oxygen atoms in total. The number of halogens is 2. The smallest absolute Gasteiger partial charge is 0.165 e. The van der Waals surface area contributed by atoms with Crippen LogP contribution in [0, 0.1) is 6.92 Å². The second-order valence-corrected chi connectivity index (χ2v) is 8.04. The minimum atomic E-state index is 0.407. The second-order valence-electron chi connectivity index (χ2n) is 7.19. The van der Waals surface area contributed by atoms with Crippen LogP contribution in [0.1, 0.15) is 29.2 Å². The van der Waals surface area contributed by atoms with Gasteiger partial charge in [0.25, 0.3) is 0 Å². The quantitative estimate of drug-likeness (QED) is 0.318. The van der Waals surface area contributed by atoms with E-state index in [0.29, 0.717) is 31.2 Å². The highest BCUT2D eigenvalue weighted by Crippen LogP contribution is 2.35. The first-order valence-corrected chi connectivity index (χ1v) is 11.0. The molecule has 162 valence electrons. The largest absolute Gasteiger partial charge is 0.490 e. The van der Waals surface area contributed by atoms with E-state index in [1.165, 1.54) is 0 Å². The van der Waals surface area contributed by atoms with Crippen molar-refractivity contribution in [2.24, 2.45) is 0 Å². The van der Waals surface area contributed by atoms with Crippen molar-refractivity contribution in [2.45, 2.75) is 33.4 Å². The maximum atomic E-state index is 6.25. The van der Waals surface area contributed by atoms with Gasteiger partial charge in [0.05, 0.1) is 6.61 Å². The molecule has 3 aromatic carbocycles. The number of hydrogen-bond acceptors (Lipinski definition) is 3. The van der Waals surface area contributed by atoms with Crippen molar-refractivity contribution < 1.29 is 9.47 Å². The summed E-state index contributed by atoms with van der Waals surface area (Å²) in [6.07, 6.45) is 2.55. The molecule has 0 atom stereocenters. The van der Waals surface area contributed by atoms with E-state index in [0.717, 1.165) is 44.5 Å². The molecule has 0 spiro atoms. The van der Waals surface area contributed by atoms with Crippen LogP contribution in [0.3, 0.4) is 0 Å². The van der Waals surface area contributed by atoms with Crippen molar-refractivity contribution in [1.29, 1.82) is 0 Å². The fourth-order valence-corrected chi connectivity index (χ4v) is 3.72. The molecule has 3 rings (SSSR count). The molecule has 0 aliphatic heterocycles. The van der Waals surface area contributed by atoms with Crippen LogP contribution in [0.2, 0.25) is 10.0 Å². The molecular formula is C26H27Cl2NO2. The lowest BCUT2D eigenvalue weighted by atomic mass is 10.0. The number of benzene rings is 3. The number of rotatable bonds is 10. The Kier molecular flexibility index (Phi) is 8.27. The summed E-state index contributed by atoms with van der Waals surface area (Å²) >= 11 is 12.4. The SMILES string of the molecule is C=CCc1cc(CNc2cccc(Cl)c2C)cc(OCC)c1OCc1cccc(Cl)c1. The van der Waals surface area contributed by atoms with E-state index in [2.05, 4.69) is 18.0 Å². The zero-order valence-corrected chi connectivity index (χ0v) is 19.4. The lowest BCUT2D eigenvalue weighted by Crippen LogP contribution is -2.06. The Balaban J connectivity index is 1.86. The summed E-state index contributed by atoms with van der Waals surface area (Å²) in [6.45, 7) is 9.47. The fraction of sp³-hybridized carbons (Fsp3) is 0.231. The molecule has 0 heterocycles. The molecule has 0 radical (unpaired) electrons. The van der Waals surface area contributed by atoms with Crippen LogP contribution in [-0.4, -0.2) is 6.61 Å². The van der Waals surface area contributed by atoms with E-state index in [4.69, 9.17) is 32.7 Å². The van der Waals surface area contributed by atoms with Gasteiger partial charge in [-0.25, -0.2) is 0 Å². The van der Waals surface area contributed by atoms with E-state index in [-0.39, 0.29) is 0 Å². The Labute approximate surface area is 194 Å². The molecule has 0 amide bonds. The van der Waals surface area contributed by atoms with E-state index < -0.39 is 0 Å². The molecule has 3 aromatic rings. The first kappa shape index (κ1) is 23.1. The van der Waals surface area contributed by atoms with Gasteiger partial charge in [0, 0.05) is 27.8 Å². The molecule has 0 bridgehead atoms. The predicted octanol–water partition coefficient (Wildman–Crippen LogP) is 7.62. The van der Waals surface area contributed by atoms with Crippen molar-refractivity contribution in [3.8, 4) is 11.5 Å². The monoisotopic (exact) mass is 455 g/mol. The van der Waals surface area contributed by atoms with Crippen molar-refractivity contribution >= 4 is 28.9 Å². The summed E-state index contributed by atoms with van der Waals surface area (Å²) in [6, 6.07) is 17.7. The van der Waals surface area contributed by atoms with Gasteiger partial charge in [0.15, 0.2) is 11.5 Å². The van der Waals surface area contributed by atoms with Gasteiger partial charge in [-0.05, 0) is 73.4 Å². The maximum Gasteiger partial charge on any atom is 0.165 e. The third-order valence-corrected chi connectivity index (χ3v) is 5.52. The molecule has 0 aliphatic rings. The van der Waals surface area contributed by atoms with E-state index >= 15 is 0 Å². The van der Waals surface area contributed by atoms with Gasteiger partial charge in [0.2, 0.25) is 0 Å². The highest BCUT2D eigenvalue weighted by Gasteiger charge is 2.14. The molecule has 0 saturated carbocycles. The zero-order valence-electron chi connectivity index (χ0n) is 17.9. The van der Waals surface area contributed by atoms with Crippen LogP contribution >= 0.6 is 23.2 Å². The van der Waals surface area contributed by atoms with Crippen LogP contribution < -0.4 is 14.8 Å². The van der Waals surface area contributed by atoms with Gasteiger partial charge in [-0.1, -0.05) is 47.5 Å². The Hall–Kier alpha value is -2.62. The van der Waals surface area contributed by atoms with Gasteiger partial charge in [0.1, 0.15) is 6.61 Å². The van der Waals surface area contributed by atoms with Crippen molar-refractivity contribution in [3.05, 3.63) is 99.6 Å². The van der Waals surface area contributed by atoms with Crippen molar-refractivity contribution in [1.82, 2.24) is 0 Å². The number of ether oxygens (including phenoxy) is 2. The first-order valence-electron chi connectivity index (χ1n) is 10.3. The molecular weight excluding hydrogens is 429 g/mol. The molecule has 0 fully saturated rings. The Morgan fingerprint density at radius 2 is 1.81 bits per heavy atom. The normalized spacial score (nSPS) is 10.6. The van der Waals surface area contributed by atoms with Crippen LogP contribution in [0.15, 0.2) is 67.3 Å². The van der Waals surface area contributed by atoms with Crippen molar-refractivity contribution in [2.75, 3.05) is 11.9 Å². The zero-order chi connectivity index (χ0) is 22.2. The summed E-state index contributed by atoms with van der Waals surface area (Å²) in [5.74, 6) is 1.47. The van der Waals surface area contributed by atoms with Gasteiger partial charge < -0.3 is 14.8 Å². The fourth-order valence-electron chi connectivity index (χ4n) is 3.34. The first-order chi connectivity index (χ1) is 15.0. The van der Waals surface area contributed by atoms with Crippen LogP contribution in [0.5, 0.6) is 11.5 Å². The van der Waals surface area contributed by atoms with Crippen LogP contribution in [0.25, 0.3) is 0 Å². The van der Waals surface area contributed by atoms with Gasteiger partial charge in [-0.2, -0.15) is 0 Å². The maximum absolute atomic E-state index is 6.25. The standard InChI is InChI=1S/C26H27Cl2NO2/c1-4-8-21-13-20(16-29-24-12-7-11-23(28)18(24)3)15-25(30-5-2)26(21)31-17-19-9-6-10-22(27)14-19/h4,6-7,9-15,29H,1,5,8,16-17H2,2-3H3.